The Morgan fingerprint density at radius 3 is 2.90 bits per heavy atom. The first kappa shape index (κ1) is 16.2. The average molecular weight is 291 g/mol. The number of hydrogen-bond donors (Lipinski definition) is 1. The van der Waals surface area contributed by atoms with E-state index in [0.29, 0.717) is 0 Å². The molecule has 0 atom stereocenters. The number of ether oxygens (including phenoxy) is 1. The van der Waals surface area contributed by atoms with Gasteiger partial charge >= 0.3 is 0 Å². The van der Waals surface area contributed by atoms with Gasteiger partial charge in [-0.1, -0.05) is 30.9 Å². The van der Waals surface area contributed by atoms with Crippen LogP contribution >= 0.6 is 0 Å². The Morgan fingerprint density at radius 1 is 1.43 bits per heavy atom. The number of aromatic nitrogens is 2. The van der Waals surface area contributed by atoms with E-state index in [2.05, 4.69) is 29.6 Å². The SMILES string of the molecule is CCn1cc(/C=C(/CNCCOC)C2CCCCC2)cn1. The van der Waals surface area contributed by atoms with Crippen molar-refractivity contribution in [3.8, 4) is 0 Å². The Hall–Kier alpha value is -1.13. The second-order valence-electron chi connectivity index (χ2n) is 5.85. The zero-order chi connectivity index (χ0) is 14.9. The second-order valence-corrected chi connectivity index (χ2v) is 5.85. The zero-order valence-electron chi connectivity index (χ0n) is 13.5. The highest BCUT2D eigenvalue weighted by Gasteiger charge is 2.17. The van der Waals surface area contributed by atoms with E-state index in [1.165, 1.54) is 43.2 Å². The van der Waals surface area contributed by atoms with E-state index in [1.54, 1.807) is 7.11 Å². The third-order valence-corrected chi connectivity index (χ3v) is 4.27. The minimum absolute atomic E-state index is 0.735. The van der Waals surface area contributed by atoms with Gasteiger partial charge in [0.25, 0.3) is 0 Å². The molecule has 0 amide bonds. The van der Waals surface area contributed by atoms with E-state index >= 15 is 0 Å². The average Bonchev–Trinajstić information content (AvgIpc) is 2.99. The molecule has 0 spiro atoms. The van der Waals surface area contributed by atoms with Gasteiger partial charge in [0.2, 0.25) is 0 Å². The summed E-state index contributed by atoms with van der Waals surface area (Å²) in [7, 11) is 1.75. The Balaban J connectivity index is 2.02. The van der Waals surface area contributed by atoms with Crippen LogP contribution in [0.15, 0.2) is 18.0 Å². The molecule has 1 aromatic rings. The normalized spacial score (nSPS) is 17.3. The maximum Gasteiger partial charge on any atom is 0.0587 e. The quantitative estimate of drug-likeness (QED) is 0.748. The van der Waals surface area contributed by atoms with Gasteiger partial charge in [-0.2, -0.15) is 5.10 Å². The number of rotatable bonds is 8. The van der Waals surface area contributed by atoms with Crippen LogP contribution in [0.4, 0.5) is 0 Å². The summed E-state index contributed by atoms with van der Waals surface area (Å²) < 4.78 is 7.10. The highest BCUT2D eigenvalue weighted by atomic mass is 16.5. The van der Waals surface area contributed by atoms with E-state index in [1.807, 2.05) is 10.9 Å². The van der Waals surface area contributed by atoms with Gasteiger partial charge in [0.05, 0.1) is 12.8 Å². The van der Waals surface area contributed by atoms with Crippen LogP contribution in [0.3, 0.4) is 0 Å². The first-order valence-electron chi connectivity index (χ1n) is 8.26. The minimum Gasteiger partial charge on any atom is -0.383 e. The van der Waals surface area contributed by atoms with Crippen LogP contribution in [0.25, 0.3) is 6.08 Å². The van der Waals surface area contributed by atoms with Crippen molar-refractivity contribution >= 4 is 6.08 Å². The highest BCUT2D eigenvalue weighted by Crippen LogP contribution is 2.30. The third kappa shape index (κ3) is 5.29. The molecule has 0 aromatic carbocycles. The smallest absolute Gasteiger partial charge is 0.0587 e. The van der Waals surface area contributed by atoms with Crippen molar-refractivity contribution in [1.82, 2.24) is 15.1 Å². The lowest BCUT2D eigenvalue weighted by Gasteiger charge is -2.25. The molecule has 1 aliphatic rings. The van der Waals surface area contributed by atoms with Gasteiger partial charge in [-0.3, -0.25) is 4.68 Å². The predicted molar refractivity (Wildman–Crippen MR) is 87.2 cm³/mol. The van der Waals surface area contributed by atoms with E-state index in [4.69, 9.17) is 4.74 Å². The second kappa shape index (κ2) is 9.00. The molecule has 0 saturated heterocycles. The summed E-state index contributed by atoms with van der Waals surface area (Å²) in [5.41, 5.74) is 2.76. The Labute approximate surface area is 128 Å². The largest absolute Gasteiger partial charge is 0.383 e. The topological polar surface area (TPSA) is 39.1 Å². The van der Waals surface area contributed by atoms with Crippen molar-refractivity contribution in [2.75, 3.05) is 26.8 Å². The van der Waals surface area contributed by atoms with Gasteiger partial charge in [0.1, 0.15) is 0 Å². The van der Waals surface area contributed by atoms with Crippen LogP contribution in [0.5, 0.6) is 0 Å². The fraction of sp³-hybridized carbons (Fsp3) is 0.706. The monoisotopic (exact) mass is 291 g/mol. The molecule has 1 N–H and O–H groups in total. The van der Waals surface area contributed by atoms with E-state index in [9.17, 15) is 0 Å². The zero-order valence-corrected chi connectivity index (χ0v) is 13.5. The summed E-state index contributed by atoms with van der Waals surface area (Å²) in [6.45, 7) is 5.69. The van der Waals surface area contributed by atoms with E-state index in [0.717, 1.165) is 32.2 Å². The third-order valence-electron chi connectivity index (χ3n) is 4.27. The summed E-state index contributed by atoms with van der Waals surface area (Å²) in [5.74, 6) is 0.735. The first-order chi connectivity index (χ1) is 10.3. The van der Waals surface area contributed by atoms with Crippen molar-refractivity contribution in [1.29, 1.82) is 0 Å². The Kier molecular flexibility index (Phi) is 6.96. The summed E-state index contributed by atoms with van der Waals surface area (Å²) in [6, 6.07) is 0. The van der Waals surface area contributed by atoms with Gasteiger partial charge < -0.3 is 10.1 Å². The molecule has 1 aliphatic carbocycles. The van der Waals surface area contributed by atoms with E-state index in [-0.39, 0.29) is 0 Å². The van der Waals surface area contributed by atoms with Crippen LogP contribution < -0.4 is 5.32 Å². The van der Waals surface area contributed by atoms with Crippen molar-refractivity contribution < 1.29 is 4.74 Å². The molecule has 1 aromatic heterocycles. The fourth-order valence-electron chi connectivity index (χ4n) is 3.03. The van der Waals surface area contributed by atoms with Gasteiger partial charge in [-0.05, 0) is 25.7 Å². The van der Waals surface area contributed by atoms with Crippen LogP contribution in [0, 0.1) is 5.92 Å². The van der Waals surface area contributed by atoms with Gasteiger partial charge in [0, 0.05) is 38.5 Å². The molecular formula is C17H29N3O. The number of hydrogen-bond acceptors (Lipinski definition) is 3. The first-order valence-corrected chi connectivity index (χ1v) is 8.26. The molecule has 0 radical (unpaired) electrons. The molecule has 4 heteroatoms. The lowest BCUT2D eigenvalue weighted by molar-refractivity contribution is 0.200. The van der Waals surface area contributed by atoms with Crippen LogP contribution in [0.1, 0.15) is 44.6 Å². The maximum absolute atomic E-state index is 5.11. The van der Waals surface area contributed by atoms with Gasteiger partial charge in [-0.25, -0.2) is 0 Å². The fourth-order valence-corrected chi connectivity index (χ4v) is 3.03. The highest BCUT2D eigenvalue weighted by molar-refractivity contribution is 5.52. The number of nitrogens with zero attached hydrogens (tertiary/aromatic N) is 2. The van der Waals surface area contributed by atoms with Crippen molar-refractivity contribution in [3.63, 3.8) is 0 Å². The molecule has 118 valence electrons. The van der Waals surface area contributed by atoms with Gasteiger partial charge in [-0.15, -0.1) is 0 Å². The lowest BCUT2D eigenvalue weighted by atomic mass is 9.83. The molecule has 0 aliphatic heterocycles. The minimum atomic E-state index is 0.735. The summed E-state index contributed by atoms with van der Waals surface area (Å²) in [6.07, 6.45) is 13.3. The predicted octanol–water partition coefficient (Wildman–Crippen LogP) is 3.10. The maximum atomic E-state index is 5.11. The van der Waals surface area contributed by atoms with E-state index < -0.39 is 0 Å². The summed E-state index contributed by atoms with van der Waals surface area (Å²) in [5, 5.41) is 7.88. The Morgan fingerprint density at radius 2 is 2.24 bits per heavy atom. The van der Waals surface area contributed by atoms with Crippen LogP contribution in [-0.2, 0) is 11.3 Å². The molecule has 4 nitrogen and oxygen atoms in total. The van der Waals surface area contributed by atoms with Crippen LogP contribution in [0.2, 0.25) is 0 Å². The lowest BCUT2D eigenvalue weighted by Crippen LogP contribution is -2.25. The summed E-state index contributed by atoms with van der Waals surface area (Å²) in [4.78, 5) is 0. The molecule has 0 unspecified atom stereocenters. The molecule has 1 fully saturated rings. The van der Waals surface area contributed by atoms with Crippen molar-refractivity contribution in [3.05, 3.63) is 23.5 Å². The number of methoxy groups -OCH3 is 1. The number of nitrogens with one attached hydrogen (secondary N) is 1. The van der Waals surface area contributed by atoms with Crippen molar-refractivity contribution in [2.45, 2.75) is 45.6 Å². The molecule has 1 heterocycles. The molecule has 2 rings (SSSR count). The molecule has 21 heavy (non-hydrogen) atoms. The molecule has 0 bridgehead atoms. The standard InChI is InChI=1S/C17H29N3O/c1-3-20-14-15(12-19-20)11-17(13-18-9-10-21-2)16-7-5-4-6-8-16/h11-12,14,16,18H,3-10,13H2,1-2H3/b17-11-. The van der Waals surface area contributed by atoms with Gasteiger partial charge in [0.15, 0.2) is 0 Å². The van der Waals surface area contributed by atoms with Crippen molar-refractivity contribution in [2.24, 2.45) is 5.92 Å². The molecule has 1 saturated carbocycles. The number of aryl methyl sites for hydroxylation is 1. The summed E-state index contributed by atoms with van der Waals surface area (Å²) >= 11 is 0. The molecular weight excluding hydrogens is 262 g/mol. The van der Waals surface area contributed by atoms with Crippen LogP contribution in [-0.4, -0.2) is 36.6 Å². The Bertz CT molecular complexity index is 433.